The van der Waals surface area contributed by atoms with Crippen LogP contribution in [0.4, 0.5) is 16.3 Å². The molecule has 4 rings (SSSR count). The van der Waals surface area contributed by atoms with E-state index in [2.05, 4.69) is 20.4 Å². The summed E-state index contributed by atoms with van der Waals surface area (Å²) >= 11 is 0. The number of anilines is 2. The van der Waals surface area contributed by atoms with Crippen LogP contribution in [-0.2, 0) is 25.9 Å². The second-order valence-electron chi connectivity index (χ2n) is 9.94. The van der Waals surface area contributed by atoms with Crippen LogP contribution in [0.2, 0.25) is 0 Å². The van der Waals surface area contributed by atoms with Crippen LogP contribution >= 0.6 is 0 Å². The number of hydrogen-bond acceptors (Lipinski definition) is 10. The van der Waals surface area contributed by atoms with Crippen molar-refractivity contribution in [2.24, 2.45) is 0 Å². The fraction of sp³-hybridized carbons (Fsp3) is 0.258. The molecule has 12 nitrogen and oxygen atoms in total. The molecule has 0 saturated carbocycles. The molecule has 2 amide bonds. The van der Waals surface area contributed by atoms with Gasteiger partial charge in [-0.2, -0.15) is 0 Å². The number of nitrogens with two attached hydrogens (primary N) is 1. The Morgan fingerprint density at radius 2 is 1.68 bits per heavy atom. The van der Waals surface area contributed by atoms with Crippen LogP contribution < -0.4 is 30.6 Å². The van der Waals surface area contributed by atoms with Crippen LogP contribution in [0.5, 0.6) is 17.2 Å². The maximum Gasteiger partial charge on any atom is 0.411 e. The van der Waals surface area contributed by atoms with Crippen molar-refractivity contribution in [2.75, 3.05) is 32.4 Å². The zero-order valence-corrected chi connectivity index (χ0v) is 25.7. The number of rotatable bonds is 11. The van der Waals surface area contributed by atoms with Crippen molar-refractivity contribution < 1.29 is 37.0 Å². The van der Waals surface area contributed by atoms with E-state index in [9.17, 15) is 18.0 Å². The zero-order chi connectivity index (χ0) is 32.0. The third-order valence-corrected chi connectivity index (χ3v) is 9.09. The van der Waals surface area contributed by atoms with E-state index >= 15 is 0 Å². The Bertz CT molecular complexity index is 1790. The number of fused-ring (bicyclic) bond motifs is 1. The molecule has 0 aliphatic heterocycles. The van der Waals surface area contributed by atoms with E-state index in [1.54, 1.807) is 62.5 Å². The maximum absolute atomic E-state index is 13.8. The van der Waals surface area contributed by atoms with Crippen molar-refractivity contribution in [2.45, 2.75) is 36.6 Å². The smallest absolute Gasteiger partial charge is 0.411 e. The van der Waals surface area contributed by atoms with Crippen LogP contribution in [0.1, 0.15) is 31.1 Å². The number of nitrogens with zero attached hydrogens (tertiary/aromatic N) is 1. The molecule has 0 aliphatic carbocycles. The minimum Gasteiger partial charge on any atom is -0.493 e. The summed E-state index contributed by atoms with van der Waals surface area (Å²) in [4.78, 5) is 29.7. The standard InChI is InChI=1S/C31H34N4O8S/c1-18(2)44(38,39)27-11-7-22(35-31(37)42-5)14-21(27)17-34-30(36)28(20-6-10-25(40-3)26(16-20)41-4)43-23-8-9-24-19(15-23)12-13-33-29(24)32/h6-16,18,28H,17H2,1-5H3,(H2,32,33)(H,34,36)(H,35,37). The van der Waals surface area contributed by atoms with Crippen molar-refractivity contribution >= 4 is 44.1 Å². The monoisotopic (exact) mass is 622 g/mol. The number of benzene rings is 3. The number of hydrogen-bond donors (Lipinski definition) is 3. The number of pyridine rings is 1. The number of carbonyl (C=O) groups excluding carboxylic acids is 2. The van der Waals surface area contributed by atoms with Crippen molar-refractivity contribution in [3.8, 4) is 17.2 Å². The first-order valence-corrected chi connectivity index (χ1v) is 15.1. The molecule has 232 valence electrons. The van der Waals surface area contributed by atoms with Crippen molar-refractivity contribution in [3.63, 3.8) is 0 Å². The van der Waals surface area contributed by atoms with Gasteiger partial charge >= 0.3 is 6.09 Å². The Kier molecular flexibility index (Phi) is 9.79. The minimum atomic E-state index is -3.74. The number of sulfone groups is 1. The molecule has 44 heavy (non-hydrogen) atoms. The minimum absolute atomic E-state index is 0.0209. The van der Waals surface area contributed by atoms with Crippen molar-refractivity contribution in [3.05, 3.63) is 78.0 Å². The lowest BCUT2D eigenvalue weighted by molar-refractivity contribution is -0.128. The highest BCUT2D eigenvalue weighted by atomic mass is 32.2. The number of nitrogens with one attached hydrogen (secondary N) is 2. The molecule has 0 radical (unpaired) electrons. The van der Waals surface area contributed by atoms with E-state index in [1.165, 1.54) is 39.5 Å². The number of amides is 2. The molecule has 0 bridgehead atoms. The van der Waals surface area contributed by atoms with Gasteiger partial charge < -0.3 is 30.0 Å². The van der Waals surface area contributed by atoms with Crippen LogP contribution in [0.3, 0.4) is 0 Å². The molecule has 1 heterocycles. The summed E-state index contributed by atoms with van der Waals surface area (Å²) in [5, 5.41) is 6.09. The molecule has 1 atom stereocenters. The topological polar surface area (TPSA) is 168 Å². The summed E-state index contributed by atoms with van der Waals surface area (Å²) in [6.45, 7) is 2.93. The molecule has 1 aromatic heterocycles. The fourth-order valence-electron chi connectivity index (χ4n) is 4.45. The molecule has 4 N–H and O–H groups in total. The van der Waals surface area contributed by atoms with E-state index in [0.717, 1.165) is 10.8 Å². The Balaban J connectivity index is 1.71. The van der Waals surface area contributed by atoms with Gasteiger partial charge in [-0.1, -0.05) is 6.07 Å². The molecule has 4 aromatic rings. The number of ether oxygens (including phenoxy) is 4. The first-order valence-electron chi connectivity index (χ1n) is 13.5. The molecule has 13 heteroatoms. The Labute approximate surface area is 255 Å². The highest BCUT2D eigenvalue weighted by Crippen LogP contribution is 2.33. The molecule has 0 saturated heterocycles. The van der Waals surface area contributed by atoms with E-state index in [4.69, 9.17) is 19.9 Å². The predicted octanol–water partition coefficient (Wildman–Crippen LogP) is 4.63. The summed E-state index contributed by atoms with van der Waals surface area (Å²) < 4.78 is 48.0. The molecular weight excluding hydrogens is 588 g/mol. The summed E-state index contributed by atoms with van der Waals surface area (Å²) in [6, 6.07) is 16.2. The Morgan fingerprint density at radius 3 is 2.36 bits per heavy atom. The average Bonchev–Trinajstić information content (AvgIpc) is 3.02. The molecule has 0 spiro atoms. The first kappa shape index (κ1) is 31.9. The number of nitrogen functional groups attached to an aromatic ring is 1. The molecule has 3 aromatic carbocycles. The van der Waals surface area contributed by atoms with Crippen LogP contribution in [0.15, 0.2) is 71.8 Å². The maximum atomic E-state index is 13.8. The van der Waals surface area contributed by atoms with Gasteiger partial charge in [0.2, 0.25) is 6.10 Å². The fourth-order valence-corrected chi connectivity index (χ4v) is 5.71. The highest BCUT2D eigenvalue weighted by Gasteiger charge is 2.27. The normalized spacial score (nSPS) is 12.0. The summed E-state index contributed by atoms with van der Waals surface area (Å²) in [5.74, 6) is 1.02. The summed E-state index contributed by atoms with van der Waals surface area (Å²) in [6.07, 6.45) is -0.339. The van der Waals surface area contributed by atoms with Gasteiger partial charge in [-0.3, -0.25) is 10.1 Å². The lowest BCUT2D eigenvalue weighted by Crippen LogP contribution is -2.32. The van der Waals surface area contributed by atoms with Gasteiger partial charge in [-0.25, -0.2) is 18.2 Å². The third kappa shape index (κ3) is 6.94. The van der Waals surface area contributed by atoms with E-state index < -0.39 is 33.2 Å². The SMILES string of the molecule is COC(=O)Nc1ccc(S(=O)(=O)C(C)C)c(CNC(=O)C(Oc2ccc3c(N)nccc3c2)c2ccc(OC)c(OC)c2)c1. The van der Waals surface area contributed by atoms with Crippen LogP contribution in [0, 0.1) is 0 Å². The Hall–Kier alpha value is -5.04. The number of carbonyl (C=O) groups is 2. The van der Waals surface area contributed by atoms with Crippen LogP contribution in [-0.4, -0.2) is 52.0 Å². The number of aromatic nitrogens is 1. The van der Waals surface area contributed by atoms with Gasteiger partial charge in [-0.15, -0.1) is 0 Å². The average molecular weight is 623 g/mol. The third-order valence-electron chi connectivity index (χ3n) is 6.84. The largest absolute Gasteiger partial charge is 0.493 e. The summed E-state index contributed by atoms with van der Waals surface area (Å²) in [7, 11) is 0.449. The summed E-state index contributed by atoms with van der Waals surface area (Å²) in [5.41, 5.74) is 7.00. The lowest BCUT2D eigenvalue weighted by atomic mass is 10.1. The van der Waals surface area contributed by atoms with Gasteiger partial charge in [0.25, 0.3) is 5.91 Å². The van der Waals surface area contributed by atoms with Crippen molar-refractivity contribution in [1.29, 1.82) is 0 Å². The second kappa shape index (κ2) is 13.5. The Morgan fingerprint density at radius 1 is 0.932 bits per heavy atom. The molecular formula is C31H34N4O8S. The van der Waals surface area contributed by atoms with E-state index in [-0.39, 0.29) is 17.0 Å². The van der Waals surface area contributed by atoms with Crippen molar-refractivity contribution in [1.82, 2.24) is 10.3 Å². The highest BCUT2D eigenvalue weighted by molar-refractivity contribution is 7.92. The van der Waals surface area contributed by atoms with E-state index in [0.29, 0.717) is 34.3 Å². The van der Waals surface area contributed by atoms with Crippen LogP contribution in [0.25, 0.3) is 10.8 Å². The molecule has 0 aliphatic rings. The lowest BCUT2D eigenvalue weighted by Gasteiger charge is -2.21. The zero-order valence-electron chi connectivity index (χ0n) is 24.9. The van der Waals surface area contributed by atoms with Gasteiger partial charge in [0.15, 0.2) is 21.3 Å². The predicted molar refractivity (Wildman–Crippen MR) is 166 cm³/mol. The second-order valence-corrected chi connectivity index (χ2v) is 12.4. The van der Waals surface area contributed by atoms with Gasteiger partial charge in [0.1, 0.15) is 11.6 Å². The number of methoxy groups -OCH3 is 3. The van der Waals surface area contributed by atoms with Gasteiger partial charge in [-0.05, 0) is 79.4 Å². The van der Waals surface area contributed by atoms with Gasteiger partial charge in [0, 0.05) is 29.4 Å². The molecule has 0 fully saturated rings. The first-order chi connectivity index (χ1) is 21.0. The quantitative estimate of drug-likeness (QED) is 0.214. The van der Waals surface area contributed by atoms with Gasteiger partial charge in [0.05, 0.1) is 31.5 Å². The molecule has 1 unspecified atom stereocenters. The van der Waals surface area contributed by atoms with E-state index in [1.807, 2.05) is 0 Å².